The molecule has 0 saturated carbocycles. The Kier molecular flexibility index (Phi) is 1.63. The van der Waals surface area contributed by atoms with Crippen LogP contribution in [0.1, 0.15) is 13.3 Å². The third kappa shape index (κ3) is 1.07. The van der Waals surface area contributed by atoms with Gasteiger partial charge in [-0.05, 0) is 13.0 Å². The summed E-state index contributed by atoms with van der Waals surface area (Å²) in [7, 11) is 0. The molecule has 1 aliphatic heterocycles. The molecule has 0 aromatic carbocycles. The van der Waals surface area contributed by atoms with Gasteiger partial charge in [0, 0.05) is 0 Å². The van der Waals surface area contributed by atoms with E-state index in [1.807, 2.05) is 0 Å². The summed E-state index contributed by atoms with van der Waals surface area (Å²) >= 11 is 0. The number of nitrogens with zero attached hydrogens (tertiary/aromatic N) is 1. The van der Waals surface area contributed by atoms with Crippen molar-refractivity contribution < 1.29 is 4.79 Å². The van der Waals surface area contributed by atoms with Crippen LogP contribution in [0.3, 0.4) is 0 Å². The standard InChI is InChI=1S/C6H11NO/c1-2-3-7-4-6(8)5-7/h2-5H2,1H3. The first-order valence-electron chi connectivity index (χ1n) is 3.07. The van der Waals surface area contributed by atoms with E-state index in [1.165, 1.54) is 0 Å². The van der Waals surface area contributed by atoms with E-state index >= 15 is 0 Å². The molecule has 0 spiro atoms. The summed E-state index contributed by atoms with van der Waals surface area (Å²) in [5.74, 6) is 0.387. The number of Topliss-reactive ketones (excluding diaryl/α,β-unsaturated/α-hetero) is 1. The predicted molar refractivity (Wildman–Crippen MR) is 31.7 cm³/mol. The van der Waals surface area contributed by atoms with Crippen LogP contribution in [0.15, 0.2) is 0 Å². The van der Waals surface area contributed by atoms with Crippen LogP contribution in [0, 0.1) is 0 Å². The van der Waals surface area contributed by atoms with Crippen LogP contribution in [0.25, 0.3) is 0 Å². The highest BCUT2D eigenvalue weighted by Crippen LogP contribution is 2.01. The topological polar surface area (TPSA) is 20.3 Å². The average molecular weight is 113 g/mol. The first-order valence-corrected chi connectivity index (χ1v) is 3.07. The highest BCUT2D eigenvalue weighted by molar-refractivity contribution is 5.87. The second-order valence-electron chi connectivity index (χ2n) is 2.25. The largest absolute Gasteiger partial charge is 0.297 e. The molecule has 2 nitrogen and oxygen atoms in total. The van der Waals surface area contributed by atoms with Crippen molar-refractivity contribution >= 4 is 5.78 Å². The number of carbonyl (C=O) groups is 1. The van der Waals surface area contributed by atoms with Crippen LogP contribution in [-0.2, 0) is 4.79 Å². The van der Waals surface area contributed by atoms with Gasteiger partial charge in [-0.2, -0.15) is 0 Å². The summed E-state index contributed by atoms with van der Waals surface area (Å²) in [5.41, 5.74) is 0. The molecule has 8 heavy (non-hydrogen) atoms. The van der Waals surface area contributed by atoms with Gasteiger partial charge in [0.1, 0.15) is 0 Å². The van der Waals surface area contributed by atoms with Crippen LogP contribution < -0.4 is 0 Å². The van der Waals surface area contributed by atoms with Gasteiger partial charge in [-0.25, -0.2) is 0 Å². The van der Waals surface area contributed by atoms with Crippen molar-refractivity contribution in [3.63, 3.8) is 0 Å². The number of carbonyl (C=O) groups excluding carboxylic acids is 1. The minimum absolute atomic E-state index is 0.387. The zero-order valence-corrected chi connectivity index (χ0v) is 5.18. The lowest BCUT2D eigenvalue weighted by molar-refractivity contribution is -0.128. The maximum atomic E-state index is 10.3. The van der Waals surface area contributed by atoms with E-state index in [4.69, 9.17) is 0 Å². The van der Waals surface area contributed by atoms with Crippen LogP contribution >= 0.6 is 0 Å². The molecule has 0 aromatic rings. The molecule has 1 aliphatic rings. The normalized spacial score (nSPS) is 20.9. The zero-order valence-electron chi connectivity index (χ0n) is 5.18. The second kappa shape index (κ2) is 2.27. The lowest BCUT2D eigenvalue weighted by Gasteiger charge is -2.28. The molecule has 0 radical (unpaired) electrons. The maximum absolute atomic E-state index is 10.3. The van der Waals surface area contributed by atoms with Gasteiger partial charge in [0.2, 0.25) is 0 Å². The Morgan fingerprint density at radius 3 is 2.62 bits per heavy atom. The number of hydrogen-bond donors (Lipinski definition) is 0. The lowest BCUT2D eigenvalue weighted by atomic mass is 10.2. The third-order valence-electron chi connectivity index (χ3n) is 1.34. The van der Waals surface area contributed by atoms with Crippen LogP contribution in [-0.4, -0.2) is 30.3 Å². The van der Waals surface area contributed by atoms with Gasteiger partial charge in [-0.15, -0.1) is 0 Å². The minimum atomic E-state index is 0.387. The van der Waals surface area contributed by atoms with Gasteiger partial charge in [-0.1, -0.05) is 6.92 Å². The molecular formula is C6H11NO. The van der Waals surface area contributed by atoms with Gasteiger partial charge in [0.25, 0.3) is 0 Å². The Morgan fingerprint density at radius 1 is 1.62 bits per heavy atom. The van der Waals surface area contributed by atoms with Crippen LogP contribution in [0.4, 0.5) is 0 Å². The lowest BCUT2D eigenvalue weighted by Crippen LogP contribution is -2.47. The third-order valence-corrected chi connectivity index (χ3v) is 1.34. The van der Waals surface area contributed by atoms with Crippen molar-refractivity contribution in [1.82, 2.24) is 4.90 Å². The summed E-state index contributed by atoms with van der Waals surface area (Å²) in [6.45, 7) is 4.62. The van der Waals surface area contributed by atoms with Crippen molar-refractivity contribution in [3.05, 3.63) is 0 Å². The summed E-state index contributed by atoms with van der Waals surface area (Å²) in [6.07, 6.45) is 1.16. The first-order chi connectivity index (χ1) is 3.83. The van der Waals surface area contributed by atoms with E-state index in [1.54, 1.807) is 0 Å². The quantitative estimate of drug-likeness (QED) is 0.512. The Balaban J connectivity index is 2.06. The van der Waals surface area contributed by atoms with E-state index < -0.39 is 0 Å². The molecule has 1 rings (SSSR count). The Morgan fingerprint density at radius 2 is 2.25 bits per heavy atom. The summed E-state index contributed by atoms with van der Waals surface area (Å²) in [6, 6.07) is 0. The molecular weight excluding hydrogens is 102 g/mol. The molecule has 0 N–H and O–H groups in total. The van der Waals surface area contributed by atoms with Crippen molar-refractivity contribution in [3.8, 4) is 0 Å². The van der Waals surface area contributed by atoms with E-state index in [9.17, 15) is 4.79 Å². The highest BCUT2D eigenvalue weighted by Gasteiger charge is 2.21. The van der Waals surface area contributed by atoms with Gasteiger partial charge in [-0.3, -0.25) is 9.69 Å². The molecule has 1 saturated heterocycles. The number of likely N-dealkylation sites (tertiary alicyclic amines) is 1. The van der Waals surface area contributed by atoms with Crippen molar-refractivity contribution in [1.29, 1.82) is 0 Å². The second-order valence-corrected chi connectivity index (χ2v) is 2.25. The summed E-state index contributed by atoms with van der Waals surface area (Å²) in [5, 5.41) is 0. The van der Waals surface area contributed by atoms with Gasteiger partial charge < -0.3 is 0 Å². The molecule has 0 aliphatic carbocycles. The molecule has 0 unspecified atom stereocenters. The van der Waals surface area contributed by atoms with Crippen molar-refractivity contribution in [2.45, 2.75) is 13.3 Å². The monoisotopic (exact) mass is 113 g/mol. The molecule has 1 heterocycles. The molecule has 1 fully saturated rings. The Hall–Kier alpha value is -0.370. The van der Waals surface area contributed by atoms with E-state index in [-0.39, 0.29) is 0 Å². The summed E-state index contributed by atoms with van der Waals surface area (Å²) < 4.78 is 0. The first kappa shape index (κ1) is 5.76. The molecule has 46 valence electrons. The zero-order chi connectivity index (χ0) is 5.98. The SMILES string of the molecule is CCCN1CC(=O)C1. The fourth-order valence-electron chi connectivity index (χ4n) is 0.927. The minimum Gasteiger partial charge on any atom is -0.297 e. The average Bonchev–Trinajstić information content (AvgIpc) is 1.64. The van der Waals surface area contributed by atoms with Gasteiger partial charge in [0.05, 0.1) is 13.1 Å². The van der Waals surface area contributed by atoms with E-state index in [0.29, 0.717) is 18.9 Å². The van der Waals surface area contributed by atoms with E-state index in [0.717, 1.165) is 13.0 Å². The highest BCUT2D eigenvalue weighted by atomic mass is 16.1. The molecule has 2 heteroatoms. The van der Waals surface area contributed by atoms with Crippen LogP contribution in [0.5, 0.6) is 0 Å². The Bertz CT molecular complexity index is 92.7. The molecule has 0 amide bonds. The fourth-order valence-corrected chi connectivity index (χ4v) is 0.927. The smallest absolute Gasteiger partial charge is 0.160 e. The number of ketones is 1. The number of hydrogen-bond acceptors (Lipinski definition) is 2. The maximum Gasteiger partial charge on any atom is 0.160 e. The molecule has 0 atom stereocenters. The Labute approximate surface area is 49.5 Å². The van der Waals surface area contributed by atoms with Crippen molar-refractivity contribution in [2.24, 2.45) is 0 Å². The van der Waals surface area contributed by atoms with Crippen LogP contribution in [0.2, 0.25) is 0 Å². The molecule has 0 bridgehead atoms. The predicted octanol–water partition coefficient (Wildman–Crippen LogP) is 0.281. The molecule has 0 aromatic heterocycles. The van der Waals surface area contributed by atoms with Crippen molar-refractivity contribution in [2.75, 3.05) is 19.6 Å². The summed E-state index contributed by atoms with van der Waals surface area (Å²) in [4.78, 5) is 12.5. The number of rotatable bonds is 2. The van der Waals surface area contributed by atoms with Gasteiger partial charge in [0.15, 0.2) is 5.78 Å². The van der Waals surface area contributed by atoms with Gasteiger partial charge >= 0.3 is 0 Å². The van der Waals surface area contributed by atoms with E-state index in [2.05, 4.69) is 11.8 Å². The fraction of sp³-hybridized carbons (Fsp3) is 0.833.